The van der Waals surface area contributed by atoms with E-state index in [-0.39, 0.29) is 24.2 Å². The molecule has 0 aliphatic heterocycles. The summed E-state index contributed by atoms with van der Waals surface area (Å²) in [7, 11) is 0. The van der Waals surface area contributed by atoms with Crippen LogP contribution >= 0.6 is 11.6 Å². The highest BCUT2D eigenvalue weighted by molar-refractivity contribution is 6.18. The molecule has 2 nitrogen and oxygen atoms in total. The topological polar surface area (TPSA) is 20.3 Å². The number of carbonyl (C=O) groups is 1. The maximum absolute atomic E-state index is 12.7. The van der Waals surface area contributed by atoms with Gasteiger partial charge in [0.2, 0.25) is 5.91 Å². The largest absolute Gasteiger partial charge is 0.339 e. The fourth-order valence-corrected chi connectivity index (χ4v) is 1.82. The van der Waals surface area contributed by atoms with Crippen molar-refractivity contribution in [2.45, 2.75) is 26.3 Å². The highest BCUT2D eigenvalue weighted by Crippen LogP contribution is 2.08. The van der Waals surface area contributed by atoms with Gasteiger partial charge in [-0.05, 0) is 31.5 Å². The van der Waals surface area contributed by atoms with Crippen molar-refractivity contribution in [3.8, 4) is 0 Å². The molecule has 0 unspecified atom stereocenters. The zero-order valence-electron chi connectivity index (χ0n) is 10.1. The second kappa shape index (κ2) is 6.60. The summed E-state index contributed by atoms with van der Waals surface area (Å²) < 4.78 is 12.7. The van der Waals surface area contributed by atoms with Gasteiger partial charge in [0, 0.05) is 18.5 Å². The monoisotopic (exact) mass is 257 g/mol. The minimum atomic E-state index is -0.289. The Labute approximate surface area is 106 Å². The summed E-state index contributed by atoms with van der Waals surface area (Å²) in [5.41, 5.74) is 0.816. The molecular formula is C13H17ClFNO. The molecule has 1 amide bonds. The molecular weight excluding hydrogens is 241 g/mol. The molecule has 0 aliphatic carbocycles. The van der Waals surface area contributed by atoms with Gasteiger partial charge < -0.3 is 4.90 Å². The quantitative estimate of drug-likeness (QED) is 0.743. The van der Waals surface area contributed by atoms with Gasteiger partial charge in [-0.1, -0.05) is 12.1 Å². The maximum Gasteiger partial charge on any atom is 0.227 e. The van der Waals surface area contributed by atoms with E-state index < -0.39 is 0 Å². The standard InChI is InChI=1S/C13H17ClFNO/c1-10(2)16(8-7-14)13(17)9-11-3-5-12(15)6-4-11/h3-6,10H,7-9H2,1-2H3. The minimum absolute atomic E-state index is 0.0206. The predicted molar refractivity (Wildman–Crippen MR) is 67.7 cm³/mol. The fraction of sp³-hybridized carbons (Fsp3) is 0.462. The molecule has 0 saturated carbocycles. The number of nitrogens with zero attached hydrogens (tertiary/aromatic N) is 1. The van der Waals surface area contributed by atoms with Gasteiger partial charge in [-0.15, -0.1) is 11.6 Å². The van der Waals surface area contributed by atoms with Crippen LogP contribution in [-0.4, -0.2) is 29.3 Å². The Morgan fingerprint density at radius 2 is 1.94 bits per heavy atom. The van der Waals surface area contributed by atoms with Crippen molar-refractivity contribution >= 4 is 17.5 Å². The molecule has 0 radical (unpaired) electrons. The number of alkyl halides is 1. The van der Waals surface area contributed by atoms with Gasteiger partial charge in [-0.3, -0.25) is 4.79 Å². The van der Waals surface area contributed by atoms with E-state index in [0.29, 0.717) is 12.4 Å². The van der Waals surface area contributed by atoms with Crippen LogP contribution in [0.2, 0.25) is 0 Å². The summed E-state index contributed by atoms with van der Waals surface area (Å²) in [6.45, 7) is 4.45. The number of hydrogen-bond donors (Lipinski definition) is 0. The molecule has 94 valence electrons. The summed E-state index contributed by atoms with van der Waals surface area (Å²) >= 11 is 5.66. The first-order valence-electron chi connectivity index (χ1n) is 5.64. The first kappa shape index (κ1) is 14.0. The van der Waals surface area contributed by atoms with Gasteiger partial charge in [-0.25, -0.2) is 4.39 Å². The van der Waals surface area contributed by atoms with E-state index in [4.69, 9.17) is 11.6 Å². The van der Waals surface area contributed by atoms with E-state index in [2.05, 4.69) is 0 Å². The third-order valence-corrected chi connectivity index (χ3v) is 2.71. The van der Waals surface area contributed by atoms with Crippen LogP contribution in [0.3, 0.4) is 0 Å². The van der Waals surface area contributed by atoms with Gasteiger partial charge in [0.15, 0.2) is 0 Å². The van der Waals surface area contributed by atoms with Crippen LogP contribution < -0.4 is 0 Å². The minimum Gasteiger partial charge on any atom is -0.339 e. The van der Waals surface area contributed by atoms with Crippen molar-refractivity contribution in [1.82, 2.24) is 4.90 Å². The van der Waals surface area contributed by atoms with Crippen molar-refractivity contribution in [2.75, 3.05) is 12.4 Å². The number of amides is 1. The molecule has 17 heavy (non-hydrogen) atoms. The fourth-order valence-electron chi connectivity index (χ4n) is 1.64. The van der Waals surface area contributed by atoms with Crippen molar-refractivity contribution in [3.63, 3.8) is 0 Å². The average Bonchev–Trinajstić information content (AvgIpc) is 2.28. The lowest BCUT2D eigenvalue weighted by molar-refractivity contribution is -0.131. The molecule has 0 bridgehead atoms. The van der Waals surface area contributed by atoms with E-state index in [1.165, 1.54) is 12.1 Å². The highest BCUT2D eigenvalue weighted by Gasteiger charge is 2.16. The zero-order chi connectivity index (χ0) is 12.8. The highest BCUT2D eigenvalue weighted by atomic mass is 35.5. The van der Waals surface area contributed by atoms with Gasteiger partial charge >= 0.3 is 0 Å². The van der Waals surface area contributed by atoms with Crippen LogP contribution in [0.1, 0.15) is 19.4 Å². The molecule has 0 aliphatic rings. The number of hydrogen-bond acceptors (Lipinski definition) is 1. The second-order valence-corrected chi connectivity index (χ2v) is 4.55. The van der Waals surface area contributed by atoms with Crippen molar-refractivity contribution in [1.29, 1.82) is 0 Å². The molecule has 4 heteroatoms. The zero-order valence-corrected chi connectivity index (χ0v) is 10.9. The SMILES string of the molecule is CC(C)N(CCCl)C(=O)Cc1ccc(F)cc1. The molecule has 0 saturated heterocycles. The lowest BCUT2D eigenvalue weighted by Gasteiger charge is -2.26. The average molecular weight is 258 g/mol. The summed E-state index contributed by atoms with van der Waals surface area (Å²) in [5, 5.41) is 0. The Hall–Kier alpha value is -1.09. The molecule has 1 rings (SSSR count). The second-order valence-electron chi connectivity index (χ2n) is 4.17. The van der Waals surface area contributed by atoms with Crippen LogP contribution in [0.4, 0.5) is 4.39 Å². The van der Waals surface area contributed by atoms with Gasteiger partial charge in [0.05, 0.1) is 6.42 Å². The van der Waals surface area contributed by atoms with Crippen molar-refractivity contribution < 1.29 is 9.18 Å². The van der Waals surface area contributed by atoms with E-state index in [9.17, 15) is 9.18 Å². The Bertz CT molecular complexity index is 364. The third-order valence-electron chi connectivity index (χ3n) is 2.54. The summed E-state index contributed by atoms with van der Waals surface area (Å²) in [6, 6.07) is 6.12. The molecule has 0 N–H and O–H groups in total. The normalized spacial score (nSPS) is 10.6. The van der Waals surface area contributed by atoms with Gasteiger partial charge in [0.25, 0.3) is 0 Å². The molecule has 1 aromatic carbocycles. The van der Waals surface area contributed by atoms with Crippen LogP contribution in [0.5, 0.6) is 0 Å². The van der Waals surface area contributed by atoms with E-state index >= 15 is 0 Å². The lowest BCUT2D eigenvalue weighted by Crippen LogP contribution is -2.39. The summed E-state index contributed by atoms with van der Waals surface area (Å²) in [5.74, 6) is 0.155. The Balaban J connectivity index is 2.66. The van der Waals surface area contributed by atoms with E-state index in [1.807, 2.05) is 13.8 Å². The number of rotatable bonds is 5. The maximum atomic E-state index is 12.7. The summed E-state index contributed by atoms with van der Waals surface area (Å²) in [6.07, 6.45) is 0.287. The third kappa shape index (κ3) is 4.35. The molecule has 0 spiro atoms. The van der Waals surface area contributed by atoms with Crippen LogP contribution in [0, 0.1) is 5.82 Å². The van der Waals surface area contributed by atoms with Crippen molar-refractivity contribution in [2.24, 2.45) is 0 Å². The van der Waals surface area contributed by atoms with E-state index in [0.717, 1.165) is 5.56 Å². The molecule has 0 heterocycles. The molecule has 0 aromatic heterocycles. The lowest BCUT2D eigenvalue weighted by atomic mass is 10.1. The van der Waals surface area contributed by atoms with Crippen molar-refractivity contribution in [3.05, 3.63) is 35.6 Å². The molecule has 0 fully saturated rings. The Morgan fingerprint density at radius 1 is 1.35 bits per heavy atom. The summed E-state index contributed by atoms with van der Waals surface area (Å²) in [4.78, 5) is 13.7. The van der Waals surface area contributed by atoms with Gasteiger partial charge in [-0.2, -0.15) is 0 Å². The first-order valence-corrected chi connectivity index (χ1v) is 6.18. The van der Waals surface area contributed by atoms with Crippen LogP contribution in [-0.2, 0) is 11.2 Å². The van der Waals surface area contributed by atoms with Crippen LogP contribution in [0.25, 0.3) is 0 Å². The predicted octanol–water partition coefficient (Wildman–Crippen LogP) is 2.84. The Kier molecular flexibility index (Phi) is 5.42. The van der Waals surface area contributed by atoms with E-state index in [1.54, 1.807) is 17.0 Å². The van der Waals surface area contributed by atoms with Gasteiger partial charge in [0.1, 0.15) is 5.82 Å². The number of halogens is 2. The first-order chi connectivity index (χ1) is 8.04. The van der Waals surface area contributed by atoms with Crippen LogP contribution in [0.15, 0.2) is 24.3 Å². The Morgan fingerprint density at radius 3 is 2.41 bits per heavy atom. The molecule has 0 atom stereocenters. The number of benzene rings is 1. The molecule has 1 aromatic rings. The number of carbonyl (C=O) groups excluding carboxylic acids is 1. The smallest absolute Gasteiger partial charge is 0.227 e.